The molecule has 1 unspecified atom stereocenters. The highest BCUT2D eigenvalue weighted by Crippen LogP contribution is 2.22. The lowest BCUT2D eigenvalue weighted by Gasteiger charge is -2.33. The number of amides is 1. The largest absolute Gasteiger partial charge is 0.494 e. The Morgan fingerprint density at radius 2 is 2.20 bits per heavy atom. The van der Waals surface area contributed by atoms with Gasteiger partial charge in [-0.05, 0) is 38.1 Å². The molecule has 1 heterocycles. The lowest BCUT2D eigenvalue weighted by molar-refractivity contribution is -0.131. The first-order valence-electron chi connectivity index (χ1n) is 7.06. The highest BCUT2D eigenvalue weighted by molar-refractivity contribution is 8.00. The molecule has 4 nitrogen and oxygen atoms in total. The standard InChI is InChI=1S/C15H22N2O2S/c1-3-19-13-4-6-14(7-5-13)20-11-15(18)17-9-8-16-10-12(17)2/h4-7,12,16H,3,8-11H2,1-2H3. The van der Waals surface area contributed by atoms with Crippen LogP contribution in [0, 0.1) is 0 Å². The highest BCUT2D eigenvalue weighted by atomic mass is 32.2. The second kappa shape index (κ2) is 7.55. The number of nitrogens with one attached hydrogen (secondary N) is 1. The molecule has 1 aromatic rings. The van der Waals surface area contributed by atoms with Crippen LogP contribution >= 0.6 is 11.8 Å². The number of rotatable bonds is 5. The van der Waals surface area contributed by atoms with E-state index >= 15 is 0 Å². The Labute approximate surface area is 124 Å². The van der Waals surface area contributed by atoms with Crippen LogP contribution in [0.1, 0.15) is 13.8 Å². The molecule has 0 spiro atoms. The minimum absolute atomic E-state index is 0.220. The minimum Gasteiger partial charge on any atom is -0.494 e. The first-order valence-corrected chi connectivity index (χ1v) is 8.05. The van der Waals surface area contributed by atoms with E-state index < -0.39 is 0 Å². The average Bonchev–Trinajstić information content (AvgIpc) is 2.47. The lowest BCUT2D eigenvalue weighted by atomic mass is 10.2. The summed E-state index contributed by atoms with van der Waals surface area (Å²) in [6.07, 6.45) is 0. The van der Waals surface area contributed by atoms with Gasteiger partial charge in [-0.3, -0.25) is 4.79 Å². The number of hydrogen-bond donors (Lipinski definition) is 1. The van der Waals surface area contributed by atoms with E-state index in [1.165, 1.54) is 0 Å². The van der Waals surface area contributed by atoms with Crippen LogP contribution in [0.4, 0.5) is 0 Å². The van der Waals surface area contributed by atoms with Crippen molar-refractivity contribution in [3.05, 3.63) is 24.3 Å². The van der Waals surface area contributed by atoms with Gasteiger partial charge in [-0.15, -0.1) is 11.8 Å². The number of piperazine rings is 1. The quantitative estimate of drug-likeness (QED) is 0.843. The zero-order valence-electron chi connectivity index (χ0n) is 12.1. The molecule has 0 aliphatic carbocycles. The maximum absolute atomic E-state index is 12.2. The van der Waals surface area contributed by atoms with Crippen LogP contribution in [-0.4, -0.2) is 48.8 Å². The summed E-state index contributed by atoms with van der Waals surface area (Å²) in [5, 5.41) is 3.30. The van der Waals surface area contributed by atoms with Gasteiger partial charge in [0.2, 0.25) is 5.91 Å². The Hall–Kier alpha value is -1.20. The van der Waals surface area contributed by atoms with Crippen LogP contribution in [0.5, 0.6) is 5.75 Å². The number of carbonyl (C=O) groups is 1. The number of carbonyl (C=O) groups excluding carboxylic acids is 1. The average molecular weight is 294 g/mol. The molecular formula is C15H22N2O2S. The van der Waals surface area contributed by atoms with E-state index in [1.807, 2.05) is 36.1 Å². The maximum atomic E-state index is 12.2. The van der Waals surface area contributed by atoms with Gasteiger partial charge in [-0.2, -0.15) is 0 Å². The van der Waals surface area contributed by atoms with Gasteiger partial charge >= 0.3 is 0 Å². The number of hydrogen-bond acceptors (Lipinski definition) is 4. The third-order valence-corrected chi connectivity index (χ3v) is 4.32. The third kappa shape index (κ3) is 4.15. The monoisotopic (exact) mass is 294 g/mol. The van der Waals surface area contributed by atoms with E-state index in [0.717, 1.165) is 30.3 Å². The van der Waals surface area contributed by atoms with E-state index in [4.69, 9.17) is 4.74 Å². The summed E-state index contributed by atoms with van der Waals surface area (Å²) in [7, 11) is 0. The summed E-state index contributed by atoms with van der Waals surface area (Å²) in [6.45, 7) is 7.32. The molecular weight excluding hydrogens is 272 g/mol. The van der Waals surface area contributed by atoms with Crippen LogP contribution in [0.15, 0.2) is 29.2 Å². The second-order valence-electron chi connectivity index (χ2n) is 4.83. The molecule has 1 amide bonds. The van der Waals surface area contributed by atoms with Crippen molar-refractivity contribution in [2.45, 2.75) is 24.8 Å². The van der Waals surface area contributed by atoms with Crippen molar-refractivity contribution >= 4 is 17.7 Å². The summed E-state index contributed by atoms with van der Waals surface area (Å²) in [5.41, 5.74) is 0. The molecule has 0 radical (unpaired) electrons. The van der Waals surface area contributed by atoms with Gasteiger partial charge in [-0.25, -0.2) is 0 Å². The molecule has 1 fully saturated rings. The Morgan fingerprint density at radius 3 is 2.85 bits per heavy atom. The molecule has 20 heavy (non-hydrogen) atoms. The molecule has 1 aliphatic heterocycles. The van der Waals surface area contributed by atoms with Crippen molar-refractivity contribution in [1.82, 2.24) is 10.2 Å². The van der Waals surface area contributed by atoms with Crippen molar-refractivity contribution in [3.8, 4) is 5.75 Å². The highest BCUT2D eigenvalue weighted by Gasteiger charge is 2.22. The number of ether oxygens (including phenoxy) is 1. The maximum Gasteiger partial charge on any atom is 0.233 e. The smallest absolute Gasteiger partial charge is 0.233 e. The Kier molecular flexibility index (Phi) is 5.73. The molecule has 0 aromatic heterocycles. The first kappa shape index (κ1) is 15.2. The van der Waals surface area contributed by atoms with Gasteiger partial charge in [0.05, 0.1) is 12.4 Å². The Bertz CT molecular complexity index is 436. The van der Waals surface area contributed by atoms with Gasteiger partial charge in [0.15, 0.2) is 0 Å². The van der Waals surface area contributed by atoms with Crippen molar-refractivity contribution in [2.24, 2.45) is 0 Å². The van der Waals surface area contributed by atoms with E-state index in [1.54, 1.807) is 11.8 Å². The SMILES string of the molecule is CCOc1ccc(SCC(=O)N2CCNCC2C)cc1. The molecule has 0 saturated carbocycles. The number of nitrogens with zero attached hydrogens (tertiary/aromatic N) is 1. The minimum atomic E-state index is 0.220. The fourth-order valence-electron chi connectivity index (χ4n) is 2.24. The molecule has 1 aromatic carbocycles. The Morgan fingerprint density at radius 1 is 1.45 bits per heavy atom. The van der Waals surface area contributed by atoms with Crippen LogP contribution in [0.3, 0.4) is 0 Å². The van der Waals surface area contributed by atoms with Crippen LogP contribution in [0.2, 0.25) is 0 Å². The van der Waals surface area contributed by atoms with E-state index in [2.05, 4.69) is 12.2 Å². The first-order chi connectivity index (χ1) is 9.70. The molecule has 2 rings (SSSR count). The van der Waals surface area contributed by atoms with Crippen molar-refractivity contribution in [2.75, 3.05) is 32.0 Å². The van der Waals surface area contributed by atoms with Gasteiger partial charge < -0.3 is 15.0 Å². The van der Waals surface area contributed by atoms with Gasteiger partial charge in [0, 0.05) is 30.6 Å². The van der Waals surface area contributed by atoms with Crippen LogP contribution < -0.4 is 10.1 Å². The molecule has 5 heteroatoms. The normalized spacial score (nSPS) is 18.9. The number of thioether (sulfide) groups is 1. The van der Waals surface area contributed by atoms with Crippen LogP contribution in [-0.2, 0) is 4.79 Å². The fourth-order valence-corrected chi connectivity index (χ4v) is 3.02. The Balaban J connectivity index is 1.83. The summed E-state index contributed by atoms with van der Waals surface area (Å²) < 4.78 is 5.40. The lowest BCUT2D eigenvalue weighted by Crippen LogP contribution is -2.52. The van der Waals surface area contributed by atoms with Crippen LogP contribution in [0.25, 0.3) is 0 Å². The molecule has 110 valence electrons. The topological polar surface area (TPSA) is 41.6 Å². The molecule has 0 bridgehead atoms. The predicted octanol–water partition coefficient (Wildman–Crippen LogP) is 2.00. The molecule has 1 aliphatic rings. The van der Waals surface area contributed by atoms with Gasteiger partial charge in [0.25, 0.3) is 0 Å². The van der Waals surface area contributed by atoms with Crippen molar-refractivity contribution in [1.29, 1.82) is 0 Å². The van der Waals surface area contributed by atoms with Gasteiger partial charge in [0.1, 0.15) is 5.75 Å². The van der Waals surface area contributed by atoms with Crippen molar-refractivity contribution < 1.29 is 9.53 Å². The number of benzene rings is 1. The van der Waals surface area contributed by atoms with E-state index in [0.29, 0.717) is 12.4 Å². The predicted molar refractivity (Wildman–Crippen MR) is 82.4 cm³/mol. The zero-order chi connectivity index (χ0) is 14.4. The fraction of sp³-hybridized carbons (Fsp3) is 0.533. The summed E-state index contributed by atoms with van der Waals surface area (Å²) in [6, 6.07) is 8.19. The summed E-state index contributed by atoms with van der Waals surface area (Å²) >= 11 is 1.58. The summed E-state index contributed by atoms with van der Waals surface area (Å²) in [4.78, 5) is 15.3. The zero-order valence-corrected chi connectivity index (χ0v) is 12.9. The molecule has 1 saturated heterocycles. The molecule has 1 N–H and O–H groups in total. The van der Waals surface area contributed by atoms with Crippen molar-refractivity contribution in [3.63, 3.8) is 0 Å². The van der Waals surface area contributed by atoms with Gasteiger partial charge in [-0.1, -0.05) is 0 Å². The summed E-state index contributed by atoms with van der Waals surface area (Å²) in [5.74, 6) is 1.59. The third-order valence-electron chi connectivity index (χ3n) is 3.32. The second-order valence-corrected chi connectivity index (χ2v) is 5.88. The molecule has 1 atom stereocenters. The van der Waals surface area contributed by atoms with E-state index in [-0.39, 0.29) is 11.9 Å². The van der Waals surface area contributed by atoms with E-state index in [9.17, 15) is 4.79 Å².